The molecule has 2 aromatic rings. The van der Waals surface area contributed by atoms with Gasteiger partial charge in [-0.3, -0.25) is 0 Å². The first-order valence-corrected chi connectivity index (χ1v) is 6.64. The third-order valence-corrected chi connectivity index (χ3v) is 3.41. The van der Waals surface area contributed by atoms with Crippen molar-refractivity contribution in [2.24, 2.45) is 0 Å². The van der Waals surface area contributed by atoms with Gasteiger partial charge in [-0.25, -0.2) is 4.98 Å². The molecule has 17 heavy (non-hydrogen) atoms. The van der Waals surface area contributed by atoms with Gasteiger partial charge < -0.3 is 5.32 Å². The Morgan fingerprint density at radius 1 is 1.29 bits per heavy atom. The van der Waals surface area contributed by atoms with E-state index in [1.54, 1.807) is 18.3 Å². The van der Waals surface area contributed by atoms with Crippen molar-refractivity contribution in [3.63, 3.8) is 0 Å². The van der Waals surface area contributed by atoms with Crippen LogP contribution in [-0.2, 0) is 0 Å². The van der Waals surface area contributed by atoms with Gasteiger partial charge in [-0.1, -0.05) is 0 Å². The van der Waals surface area contributed by atoms with Crippen LogP contribution in [-0.4, -0.2) is 4.98 Å². The molecule has 84 valence electrons. The average molecular weight is 400 g/mol. The van der Waals surface area contributed by atoms with Crippen LogP contribution in [0, 0.1) is 14.9 Å². The van der Waals surface area contributed by atoms with E-state index in [1.165, 1.54) is 0 Å². The van der Waals surface area contributed by atoms with Crippen molar-refractivity contribution in [1.29, 1.82) is 5.26 Å². The fourth-order valence-corrected chi connectivity index (χ4v) is 2.69. The van der Waals surface area contributed by atoms with Crippen molar-refractivity contribution in [3.05, 3.63) is 50.1 Å². The van der Waals surface area contributed by atoms with Crippen LogP contribution >= 0.6 is 38.5 Å². The first-order chi connectivity index (χ1) is 8.19. The number of rotatable bonds is 2. The second kappa shape index (κ2) is 5.47. The summed E-state index contributed by atoms with van der Waals surface area (Å²) in [6.07, 6.45) is 1.61. The number of nitrogens with one attached hydrogen (secondary N) is 1. The number of pyridine rings is 1. The molecule has 0 amide bonds. The Balaban J connectivity index is 2.28. The Hall–Kier alpha value is -1.13. The molecule has 0 fully saturated rings. The highest BCUT2D eigenvalue weighted by Crippen LogP contribution is 2.26. The molecule has 0 radical (unpaired) electrons. The lowest BCUT2D eigenvalue weighted by molar-refractivity contribution is 1.29. The van der Waals surface area contributed by atoms with E-state index in [4.69, 9.17) is 5.26 Å². The van der Waals surface area contributed by atoms with Gasteiger partial charge in [0, 0.05) is 14.2 Å². The maximum Gasteiger partial charge on any atom is 0.131 e. The van der Waals surface area contributed by atoms with Gasteiger partial charge in [0.1, 0.15) is 5.82 Å². The lowest BCUT2D eigenvalue weighted by Gasteiger charge is -2.08. The van der Waals surface area contributed by atoms with Gasteiger partial charge in [-0.05, 0) is 68.9 Å². The molecule has 0 aliphatic rings. The van der Waals surface area contributed by atoms with Crippen LogP contribution in [0.3, 0.4) is 0 Å². The third-order valence-electron chi connectivity index (χ3n) is 2.08. The SMILES string of the molecule is N#Cc1ccnc(Nc2ccc(I)cc2Br)c1. The highest BCUT2D eigenvalue weighted by Gasteiger charge is 2.02. The lowest BCUT2D eigenvalue weighted by Crippen LogP contribution is -1.94. The quantitative estimate of drug-likeness (QED) is 0.774. The molecule has 1 aromatic carbocycles. The summed E-state index contributed by atoms with van der Waals surface area (Å²) in [6, 6.07) is 11.4. The van der Waals surface area contributed by atoms with E-state index >= 15 is 0 Å². The van der Waals surface area contributed by atoms with Crippen molar-refractivity contribution in [2.45, 2.75) is 0 Å². The van der Waals surface area contributed by atoms with Gasteiger partial charge in [0.2, 0.25) is 0 Å². The molecule has 3 nitrogen and oxygen atoms in total. The number of nitriles is 1. The molecule has 1 N–H and O–H groups in total. The molecule has 0 aliphatic carbocycles. The molecule has 0 bridgehead atoms. The maximum atomic E-state index is 8.80. The summed E-state index contributed by atoms with van der Waals surface area (Å²) >= 11 is 5.73. The Bertz CT molecular complexity index is 593. The van der Waals surface area contributed by atoms with Gasteiger partial charge in [-0.15, -0.1) is 0 Å². The largest absolute Gasteiger partial charge is 0.339 e. The van der Waals surface area contributed by atoms with Crippen molar-refractivity contribution in [2.75, 3.05) is 5.32 Å². The first-order valence-electron chi connectivity index (χ1n) is 4.77. The van der Waals surface area contributed by atoms with Crippen molar-refractivity contribution in [1.82, 2.24) is 4.98 Å². The van der Waals surface area contributed by atoms with Crippen LogP contribution in [0.25, 0.3) is 0 Å². The average Bonchev–Trinajstić information content (AvgIpc) is 2.33. The number of hydrogen-bond acceptors (Lipinski definition) is 3. The second-order valence-electron chi connectivity index (χ2n) is 3.29. The molecule has 5 heteroatoms. The zero-order valence-electron chi connectivity index (χ0n) is 8.61. The van der Waals surface area contributed by atoms with Crippen molar-refractivity contribution >= 4 is 50.0 Å². The number of halogens is 2. The van der Waals surface area contributed by atoms with Crippen molar-refractivity contribution < 1.29 is 0 Å². The Labute approximate surface area is 121 Å². The molecule has 2 rings (SSSR count). The van der Waals surface area contributed by atoms with Crippen molar-refractivity contribution in [3.8, 4) is 6.07 Å². The molecule has 0 unspecified atom stereocenters. The summed E-state index contributed by atoms with van der Waals surface area (Å²) in [5, 5.41) is 12.0. The predicted octanol–water partition coefficient (Wildman–Crippen LogP) is 4.06. The van der Waals surface area contributed by atoms with Crippen LogP contribution in [0.4, 0.5) is 11.5 Å². The van der Waals surface area contributed by atoms with E-state index < -0.39 is 0 Å². The van der Waals surface area contributed by atoms with E-state index in [2.05, 4.69) is 54.9 Å². The van der Waals surface area contributed by atoms with Crippen LogP contribution in [0.2, 0.25) is 0 Å². The van der Waals surface area contributed by atoms with Gasteiger partial charge in [0.05, 0.1) is 17.3 Å². The number of hydrogen-bond donors (Lipinski definition) is 1. The molecular formula is C12H7BrIN3. The van der Waals surface area contributed by atoms with E-state index in [9.17, 15) is 0 Å². The third kappa shape index (κ3) is 3.17. The molecule has 1 heterocycles. The summed E-state index contributed by atoms with van der Waals surface area (Å²) in [7, 11) is 0. The summed E-state index contributed by atoms with van der Waals surface area (Å²) in [5.41, 5.74) is 1.51. The molecule has 0 spiro atoms. The van der Waals surface area contributed by atoms with Crippen LogP contribution < -0.4 is 5.32 Å². The topological polar surface area (TPSA) is 48.7 Å². The Kier molecular flexibility index (Phi) is 3.97. The van der Waals surface area contributed by atoms with Gasteiger partial charge >= 0.3 is 0 Å². The van der Waals surface area contributed by atoms with Crippen LogP contribution in [0.5, 0.6) is 0 Å². The van der Waals surface area contributed by atoms with Gasteiger partial charge in [-0.2, -0.15) is 5.26 Å². The minimum Gasteiger partial charge on any atom is -0.339 e. The molecule has 1 aromatic heterocycles. The smallest absolute Gasteiger partial charge is 0.131 e. The standard InChI is InChI=1S/C12H7BrIN3/c13-10-6-9(14)1-2-11(10)17-12-5-8(7-15)3-4-16-12/h1-6H,(H,16,17). The minimum atomic E-state index is 0.587. The zero-order valence-corrected chi connectivity index (χ0v) is 12.4. The lowest BCUT2D eigenvalue weighted by atomic mass is 10.3. The number of anilines is 2. The summed E-state index contributed by atoms with van der Waals surface area (Å²) in [5.74, 6) is 0.658. The van der Waals surface area contributed by atoms with Crippen LogP contribution in [0.1, 0.15) is 5.56 Å². The predicted molar refractivity (Wildman–Crippen MR) is 79.1 cm³/mol. The monoisotopic (exact) mass is 399 g/mol. The molecule has 0 saturated carbocycles. The summed E-state index contributed by atoms with van der Waals surface area (Å²) in [6.45, 7) is 0. The van der Waals surface area contributed by atoms with Crippen LogP contribution in [0.15, 0.2) is 41.0 Å². The minimum absolute atomic E-state index is 0.587. The fraction of sp³-hybridized carbons (Fsp3) is 0. The first kappa shape index (κ1) is 12.3. The summed E-state index contributed by atoms with van der Waals surface area (Å²) < 4.78 is 2.12. The summed E-state index contributed by atoms with van der Waals surface area (Å²) in [4.78, 5) is 4.16. The second-order valence-corrected chi connectivity index (χ2v) is 5.39. The normalized spacial score (nSPS) is 9.71. The fourth-order valence-electron chi connectivity index (χ4n) is 1.30. The number of nitrogens with zero attached hydrogens (tertiary/aromatic N) is 2. The van der Waals surface area contributed by atoms with E-state index in [1.807, 2.05) is 18.2 Å². The molecular weight excluding hydrogens is 393 g/mol. The van der Waals surface area contributed by atoms with E-state index in [-0.39, 0.29) is 0 Å². The van der Waals surface area contributed by atoms with E-state index in [0.717, 1.165) is 13.7 Å². The van der Waals surface area contributed by atoms with Gasteiger partial charge in [0.25, 0.3) is 0 Å². The van der Waals surface area contributed by atoms with E-state index in [0.29, 0.717) is 11.4 Å². The maximum absolute atomic E-state index is 8.80. The number of aromatic nitrogens is 1. The highest BCUT2D eigenvalue weighted by molar-refractivity contribution is 14.1. The zero-order chi connectivity index (χ0) is 12.3. The van der Waals surface area contributed by atoms with Gasteiger partial charge in [0.15, 0.2) is 0 Å². The molecule has 0 atom stereocenters. The Morgan fingerprint density at radius 3 is 2.82 bits per heavy atom. The Morgan fingerprint density at radius 2 is 2.12 bits per heavy atom. The number of benzene rings is 1. The highest BCUT2D eigenvalue weighted by atomic mass is 127. The molecule has 0 aliphatic heterocycles. The molecule has 0 saturated heterocycles.